The highest BCUT2D eigenvalue weighted by Gasteiger charge is 2.43. The second kappa shape index (κ2) is 5.17. The Kier molecular flexibility index (Phi) is 3.17. The third kappa shape index (κ3) is 2.80. The summed E-state index contributed by atoms with van der Waals surface area (Å²) >= 11 is 0. The minimum atomic E-state index is -0.118. The predicted octanol–water partition coefficient (Wildman–Crippen LogP) is 2.81. The van der Waals surface area contributed by atoms with Crippen molar-refractivity contribution in [2.75, 3.05) is 0 Å². The van der Waals surface area contributed by atoms with Gasteiger partial charge in [-0.1, -0.05) is 35.5 Å². The molecule has 0 saturated heterocycles. The molecule has 1 aromatic carbocycles. The molecule has 21 heavy (non-hydrogen) atoms. The van der Waals surface area contributed by atoms with Crippen molar-refractivity contribution in [1.29, 1.82) is 0 Å². The molecule has 2 saturated carbocycles. The second-order valence-electron chi connectivity index (χ2n) is 6.42. The highest BCUT2D eigenvalue weighted by Crippen LogP contribution is 2.44. The van der Waals surface area contributed by atoms with Gasteiger partial charge in [0.05, 0.1) is 0 Å². The topological polar surface area (TPSA) is 50.7 Å². The molecule has 2 fully saturated rings. The van der Waals surface area contributed by atoms with E-state index < -0.39 is 0 Å². The summed E-state index contributed by atoms with van der Waals surface area (Å²) in [5.41, 5.74) is 1.61. The molecule has 1 aliphatic heterocycles. The Labute approximate surface area is 124 Å². The van der Waals surface area contributed by atoms with Gasteiger partial charge < -0.3 is 10.2 Å². The summed E-state index contributed by atoms with van der Waals surface area (Å²) in [6, 6.07) is 10.3. The third-order valence-corrected chi connectivity index (χ3v) is 4.66. The number of benzene rings is 1. The summed E-state index contributed by atoms with van der Waals surface area (Å²) in [7, 11) is 0. The van der Waals surface area contributed by atoms with Crippen LogP contribution < -0.4 is 5.32 Å². The van der Waals surface area contributed by atoms with Gasteiger partial charge in [0.15, 0.2) is 6.10 Å². The number of nitrogens with one attached hydrogen (secondary N) is 1. The van der Waals surface area contributed by atoms with Crippen LogP contribution in [-0.2, 0) is 9.63 Å². The Morgan fingerprint density at radius 2 is 1.81 bits per heavy atom. The molecule has 4 rings (SSSR count). The first-order valence-corrected chi connectivity index (χ1v) is 7.90. The smallest absolute Gasteiger partial charge is 0.269 e. The number of oxime groups is 1. The fraction of sp³-hybridized carbons (Fsp3) is 0.529. The van der Waals surface area contributed by atoms with Crippen molar-refractivity contribution in [3.63, 3.8) is 0 Å². The maximum atomic E-state index is 12.4. The lowest BCUT2D eigenvalue weighted by molar-refractivity contribution is -0.115. The SMILES string of the molecule is O=C(NC(C1CC1)C1CC1)C1=NO[C@H](c2ccccc2)C1. The molecule has 2 aliphatic carbocycles. The van der Waals surface area contributed by atoms with Gasteiger partial charge in [0.1, 0.15) is 5.71 Å². The molecule has 0 spiro atoms. The monoisotopic (exact) mass is 284 g/mol. The summed E-state index contributed by atoms with van der Waals surface area (Å²) in [5.74, 6) is 1.38. The van der Waals surface area contributed by atoms with Crippen molar-refractivity contribution in [2.24, 2.45) is 17.0 Å². The molecular weight excluding hydrogens is 264 g/mol. The third-order valence-electron chi connectivity index (χ3n) is 4.66. The summed E-state index contributed by atoms with van der Waals surface area (Å²) in [6.07, 6.45) is 5.49. The summed E-state index contributed by atoms with van der Waals surface area (Å²) < 4.78 is 0. The van der Waals surface area contributed by atoms with Gasteiger partial charge in [0, 0.05) is 12.5 Å². The van der Waals surface area contributed by atoms with E-state index in [2.05, 4.69) is 10.5 Å². The first-order chi connectivity index (χ1) is 10.3. The number of rotatable bonds is 5. The van der Waals surface area contributed by atoms with E-state index in [-0.39, 0.29) is 12.0 Å². The molecular formula is C17H20N2O2. The molecule has 110 valence electrons. The maximum Gasteiger partial charge on any atom is 0.269 e. The number of hydrogen-bond acceptors (Lipinski definition) is 3. The van der Waals surface area contributed by atoms with Crippen LogP contribution >= 0.6 is 0 Å². The van der Waals surface area contributed by atoms with Gasteiger partial charge in [0.25, 0.3) is 5.91 Å². The van der Waals surface area contributed by atoms with Crippen molar-refractivity contribution in [1.82, 2.24) is 5.32 Å². The molecule has 4 nitrogen and oxygen atoms in total. The van der Waals surface area contributed by atoms with Crippen LogP contribution in [0.5, 0.6) is 0 Å². The average molecular weight is 284 g/mol. The van der Waals surface area contributed by atoms with E-state index in [1.165, 1.54) is 25.7 Å². The quantitative estimate of drug-likeness (QED) is 0.904. The Bertz CT molecular complexity index is 549. The summed E-state index contributed by atoms with van der Waals surface area (Å²) in [5, 5.41) is 7.22. The van der Waals surface area contributed by atoms with Gasteiger partial charge in [-0.05, 0) is 43.1 Å². The normalized spacial score (nSPS) is 24.6. The van der Waals surface area contributed by atoms with Gasteiger partial charge in [-0.25, -0.2) is 0 Å². The van der Waals surface area contributed by atoms with Crippen molar-refractivity contribution < 1.29 is 9.63 Å². The number of carbonyl (C=O) groups is 1. The first kappa shape index (κ1) is 12.9. The number of amides is 1. The van der Waals surface area contributed by atoms with Crippen LogP contribution in [0.4, 0.5) is 0 Å². The minimum absolute atomic E-state index is 0.0303. The van der Waals surface area contributed by atoms with E-state index in [0.717, 1.165) is 5.56 Å². The molecule has 0 radical (unpaired) electrons. The van der Waals surface area contributed by atoms with E-state index in [0.29, 0.717) is 30.0 Å². The Morgan fingerprint density at radius 1 is 1.14 bits per heavy atom. The highest BCUT2D eigenvalue weighted by molar-refractivity contribution is 6.39. The molecule has 1 atom stereocenters. The average Bonchev–Trinajstić information content (AvgIpc) is 3.44. The minimum Gasteiger partial charge on any atom is -0.387 e. The molecule has 1 N–H and O–H groups in total. The van der Waals surface area contributed by atoms with Crippen molar-refractivity contribution in [3.05, 3.63) is 35.9 Å². The van der Waals surface area contributed by atoms with Gasteiger partial charge in [-0.3, -0.25) is 4.79 Å². The van der Waals surface area contributed by atoms with E-state index in [1.807, 2.05) is 30.3 Å². The predicted molar refractivity (Wildman–Crippen MR) is 79.7 cm³/mol. The van der Waals surface area contributed by atoms with E-state index in [1.54, 1.807) is 0 Å². The fourth-order valence-corrected chi connectivity index (χ4v) is 3.12. The van der Waals surface area contributed by atoms with Crippen LogP contribution in [0.2, 0.25) is 0 Å². The van der Waals surface area contributed by atoms with Crippen LogP contribution in [0.15, 0.2) is 35.5 Å². The Morgan fingerprint density at radius 3 is 2.43 bits per heavy atom. The molecule has 0 aromatic heterocycles. The number of nitrogens with zero attached hydrogens (tertiary/aromatic N) is 1. The standard InChI is InChI=1S/C17H20N2O2/c20-17(18-16(12-6-7-12)13-8-9-13)14-10-15(21-19-14)11-4-2-1-3-5-11/h1-5,12-13,15-16H,6-10H2,(H,18,20)/t15-/m0/s1. The van der Waals surface area contributed by atoms with Crippen LogP contribution in [0.25, 0.3) is 0 Å². The lowest BCUT2D eigenvalue weighted by atomic mass is 10.0. The van der Waals surface area contributed by atoms with Crippen molar-refractivity contribution in [3.8, 4) is 0 Å². The van der Waals surface area contributed by atoms with Gasteiger partial charge >= 0.3 is 0 Å². The molecule has 0 bridgehead atoms. The fourth-order valence-electron chi connectivity index (χ4n) is 3.12. The van der Waals surface area contributed by atoms with Gasteiger partial charge in [-0.15, -0.1) is 0 Å². The second-order valence-corrected chi connectivity index (χ2v) is 6.42. The molecule has 1 aromatic rings. The van der Waals surface area contributed by atoms with Crippen LogP contribution in [-0.4, -0.2) is 17.7 Å². The molecule has 1 amide bonds. The number of hydrogen-bond donors (Lipinski definition) is 1. The van der Waals surface area contributed by atoms with Crippen LogP contribution in [0.1, 0.15) is 43.8 Å². The van der Waals surface area contributed by atoms with Crippen LogP contribution in [0, 0.1) is 11.8 Å². The molecule has 4 heteroatoms. The zero-order valence-electron chi connectivity index (χ0n) is 12.0. The largest absolute Gasteiger partial charge is 0.387 e. The molecule has 0 unspecified atom stereocenters. The highest BCUT2D eigenvalue weighted by atomic mass is 16.6. The van der Waals surface area contributed by atoms with E-state index in [4.69, 9.17) is 4.84 Å². The lowest BCUT2D eigenvalue weighted by Gasteiger charge is -2.17. The first-order valence-electron chi connectivity index (χ1n) is 7.90. The Balaban J connectivity index is 1.37. The molecule has 1 heterocycles. The van der Waals surface area contributed by atoms with Crippen molar-refractivity contribution >= 4 is 11.6 Å². The Hall–Kier alpha value is -1.84. The van der Waals surface area contributed by atoms with Crippen molar-refractivity contribution in [2.45, 2.75) is 44.2 Å². The van der Waals surface area contributed by atoms with E-state index in [9.17, 15) is 4.79 Å². The maximum absolute atomic E-state index is 12.4. The zero-order chi connectivity index (χ0) is 14.2. The lowest BCUT2D eigenvalue weighted by Crippen LogP contribution is -2.41. The number of carbonyl (C=O) groups excluding carboxylic acids is 1. The van der Waals surface area contributed by atoms with Crippen LogP contribution in [0.3, 0.4) is 0 Å². The summed E-state index contributed by atoms with van der Waals surface area (Å²) in [6.45, 7) is 0. The zero-order valence-corrected chi connectivity index (χ0v) is 12.0. The van der Waals surface area contributed by atoms with Gasteiger partial charge in [-0.2, -0.15) is 0 Å². The van der Waals surface area contributed by atoms with E-state index >= 15 is 0 Å². The molecule has 3 aliphatic rings. The van der Waals surface area contributed by atoms with Gasteiger partial charge in [0.2, 0.25) is 0 Å². The summed E-state index contributed by atoms with van der Waals surface area (Å²) in [4.78, 5) is 17.8.